The Bertz CT molecular complexity index is 314. The highest BCUT2D eigenvalue weighted by atomic mass is 32.1. The van der Waals surface area contributed by atoms with Crippen LogP contribution in [0.25, 0.3) is 0 Å². The predicted octanol–water partition coefficient (Wildman–Crippen LogP) is 2.36. The molecule has 1 saturated carbocycles. The van der Waals surface area contributed by atoms with Gasteiger partial charge in [-0.3, -0.25) is 0 Å². The van der Waals surface area contributed by atoms with Gasteiger partial charge in [-0.05, 0) is 19.8 Å². The Balaban J connectivity index is 2.08. The summed E-state index contributed by atoms with van der Waals surface area (Å²) in [6, 6.07) is 0. The van der Waals surface area contributed by atoms with Gasteiger partial charge in [-0.25, -0.2) is 4.98 Å². The van der Waals surface area contributed by atoms with E-state index in [1.54, 1.807) is 11.3 Å². The van der Waals surface area contributed by atoms with E-state index in [-0.39, 0.29) is 5.41 Å². The Kier molecular flexibility index (Phi) is 2.20. The van der Waals surface area contributed by atoms with E-state index in [1.165, 1.54) is 6.42 Å². The summed E-state index contributed by atoms with van der Waals surface area (Å²) in [6.07, 6.45) is 5.29. The molecular formula is C10H13NOS. The number of carbonyl (C=O) groups excluding carboxylic acids is 1. The molecule has 70 valence electrons. The monoisotopic (exact) mass is 195 g/mol. The third kappa shape index (κ3) is 1.66. The van der Waals surface area contributed by atoms with E-state index in [0.717, 1.165) is 36.3 Å². The second-order valence-corrected chi connectivity index (χ2v) is 4.84. The third-order valence-electron chi connectivity index (χ3n) is 2.77. The number of carbonyl (C=O) groups is 1. The van der Waals surface area contributed by atoms with Crippen LogP contribution in [0.15, 0.2) is 5.38 Å². The van der Waals surface area contributed by atoms with Crippen LogP contribution in [-0.2, 0) is 11.2 Å². The Morgan fingerprint density at radius 1 is 1.69 bits per heavy atom. The Morgan fingerprint density at radius 2 is 2.46 bits per heavy atom. The number of hydrogen-bond donors (Lipinski definition) is 0. The summed E-state index contributed by atoms with van der Waals surface area (Å²) < 4.78 is 0. The molecule has 1 heterocycles. The van der Waals surface area contributed by atoms with Crippen LogP contribution in [0.1, 0.15) is 30.0 Å². The van der Waals surface area contributed by atoms with Gasteiger partial charge in [-0.15, -0.1) is 11.3 Å². The Morgan fingerprint density at radius 3 is 2.85 bits per heavy atom. The van der Waals surface area contributed by atoms with E-state index in [1.807, 2.05) is 12.3 Å². The molecule has 1 fully saturated rings. The molecule has 0 radical (unpaired) electrons. The lowest BCUT2D eigenvalue weighted by Crippen LogP contribution is -2.33. The third-order valence-corrected chi connectivity index (χ3v) is 3.74. The molecule has 0 aromatic carbocycles. The number of aryl methyl sites for hydroxylation is 1. The standard InChI is InChI=1S/C10H13NOS/c1-8-6-13-9(11-8)5-10(7-12)3-2-4-10/h6-7H,2-5H2,1H3. The molecular weight excluding hydrogens is 182 g/mol. The number of aldehydes is 1. The minimum atomic E-state index is -0.0513. The molecule has 1 aliphatic carbocycles. The van der Waals surface area contributed by atoms with Crippen molar-refractivity contribution in [2.75, 3.05) is 0 Å². The molecule has 0 spiro atoms. The van der Waals surface area contributed by atoms with Crippen LogP contribution in [0.4, 0.5) is 0 Å². The molecule has 0 bridgehead atoms. The molecule has 0 saturated heterocycles. The molecule has 0 atom stereocenters. The van der Waals surface area contributed by atoms with Gasteiger partial charge in [0, 0.05) is 22.9 Å². The number of rotatable bonds is 3. The van der Waals surface area contributed by atoms with Gasteiger partial charge in [0.2, 0.25) is 0 Å². The van der Waals surface area contributed by atoms with Gasteiger partial charge in [-0.1, -0.05) is 6.42 Å². The highest BCUT2D eigenvalue weighted by Crippen LogP contribution is 2.42. The van der Waals surface area contributed by atoms with Gasteiger partial charge < -0.3 is 4.79 Å². The number of thiazole rings is 1. The lowest BCUT2D eigenvalue weighted by Gasteiger charge is -2.35. The highest BCUT2D eigenvalue weighted by molar-refractivity contribution is 7.09. The molecule has 2 nitrogen and oxygen atoms in total. The molecule has 3 heteroatoms. The van der Waals surface area contributed by atoms with E-state index >= 15 is 0 Å². The Hall–Kier alpha value is -0.700. The maximum absolute atomic E-state index is 10.9. The molecule has 0 unspecified atom stereocenters. The summed E-state index contributed by atoms with van der Waals surface area (Å²) in [4.78, 5) is 15.3. The van der Waals surface area contributed by atoms with Crippen LogP contribution in [0.5, 0.6) is 0 Å². The van der Waals surface area contributed by atoms with E-state index in [9.17, 15) is 4.79 Å². The summed E-state index contributed by atoms with van der Waals surface area (Å²) in [5.74, 6) is 0. The lowest BCUT2D eigenvalue weighted by atomic mass is 9.68. The van der Waals surface area contributed by atoms with Gasteiger partial charge in [-0.2, -0.15) is 0 Å². The average molecular weight is 195 g/mol. The van der Waals surface area contributed by atoms with Crippen molar-refractivity contribution in [2.24, 2.45) is 5.41 Å². The number of aromatic nitrogens is 1. The van der Waals surface area contributed by atoms with E-state index < -0.39 is 0 Å². The zero-order chi connectivity index (χ0) is 9.31. The van der Waals surface area contributed by atoms with Crippen LogP contribution in [-0.4, -0.2) is 11.3 Å². The predicted molar refractivity (Wildman–Crippen MR) is 52.9 cm³/mol. The summed E-state index contributed by atoms with van der Waals surface area (Å²) in [5, 5.41) is 3.16. The van der Waals surface area contributed by atoms with Crippen LogP contribution < -0.4 is 0 Å². The van der Waals surface area contributed by atoms with Crippen molar-refractivity contribution in [3.63, 3.8) is 0 Å². The van der Waals surface area contributed by atoms with E-state index in [0.29, 0.717) is 0 Å². The van der Waals surface area contributed by atoms with Gasteiger partial charge in [0.1, 0.15) is 6.29 Å². The second kappa shape index (κ2) is 3.22. The van der Waals surface area contributed by atoms with Crippen LogP contribution in [0.2, 0.25) is 0 Å². The fourth-order valence-corrected chi connectivity index (χ4v) is 2.68. The number of hydrogen-bond acceptors (Lipinski definition) is 3. The van der Waals surface area contributed by atoms with E-state index in [2.05, 4.69) is 4.98 Å². The molecule has 0 N–H and O–H groups in total. The van der Waals surface area contributed by atoms with Gasteiger partial charge >= 0.3 is 0 Å². The highest BCUT2D eigenvalue weighted by Gasteiger charge is 2.37. The molecule has 2 rings (SSSR count). The summed E-state index contributed by atoms with van der Waals surface area (Å²) >= 11 is 1.67. The van der Waals surface area contributed by atoms with Crippen molar-refractivity contribution in [3.05, 3.63) is 16.1 Å². The molecule has 13 heavy (non-hydrogen) atoms. The largest absolute Gasteiger partial charge is 0.303 e. The Labute approximate surface area is 82.0 Å². The van der Waals surface area contributed by atoms with E-state index in [4.69, 9.17) is 0 Å². The molecule has 0 aliphatic heterocycles. The molecule has 0 amide bonds. The van der Waals surface area contributed by atoms with Gasteiger partial charge in [0.05, 0.1) is 5.01 Å². The van der Waals surface area contributed by atoms with Crippen LogP contribution >= 0.6 is 11.3 Å². The SMILES string of the molecule is Cc1csc(CC2(C=O)CCC2)n1. The molecule has 1 aromatic rings. The van der Waals surface area contributed by atoms with Crippen LogP contribution in [0, 0.1) is 12.3 Å². The summed E-state index contributed by atoms with van der Waals surface area (Å²) in [6.45, 7) is 1.99. The molecule has 1 aliphatic rings. The van der Waals surface area contributed by atoms with Crippen LogP contribution in [0.3, 0.4) is 0 Å². The van der Waals surface area contributed by atoms with Gasteiger partial charge in [0.25, 0.3) is 0 Å². The molecule has 1 aromatic heterocycles. The zero-order valence-electron chi connectivity index (χ0n) is 7.75. The number of nitrogens with zero attached hydrogens (tertiary/aromatic N) is 1. The first-order valence-corrected chi connectivity index (χ1v) is 5.49. The first-order chi connectivity index (χ1) is 6.24. The van der Waals surface area contributed by atoms with Crippen molar-refractivity contribution < 1.29 is 4.79 Å². The smallest absolute Gasteiger partial charge is 0.126 e. The fourth-order valence-electron chi connectivity index (χ4n) is 1.75. The van der Waals surface area contributed by atoms with Crippen molar-refractivity contribution >= 4 is 17.6 Å². The second-order valence-electron chi connectivity index (χ2n) is 3.89. The van der Waals surface area contributed by atoms with Crippen molar-refractivity contribution in [2.45, 2.75) is 32.6 Å². The first-order valence-electron chi connectivity index (χ1n) is 4.61. The fraction of sp³-hybridized carbons (Fsp3) is 0.600. The minimum absolute atomic E-state index is 0.0513. The van der Waals surface area contributed by atoms with Crippen molar-refractivity contribution in [3.8, 4) is 0 Å². The maximum Gasteiger partial charge on any atom is 0.126 e. The summed E-state index contributed by atoms with van der Waals surface area (Å²) in [7, 11) is 0. The van der Waals surface area contributed by atoms with Crippen molar-refractivity contribution in [1.82, 2.24) is 4.98 Å². The minimum Gasteiger partial charge on any atom is -0.303 e. The quantitative estimate of drug-likeness (QED) is 0.693. The topological polar surface area (TPSA) is 30.0 Å². The van der Waals surface area contributed by atoms with Gasteiger partial charge in [0.15, 0.2) is 0 Å². The maximum atomic E-state index is 10.9. The van der Waals surface area contributed by atoms with Crippen molar-refractivity contribution in [1.29, 1.82) is 0 Å². The lowest BCUT2D eigenvalue weighted by molar-refractivity contribution is -0.120. The first kappa shape index (κ1) is 8.88. The normalized spacial score (nSPS) is 19.5. The summed E-state index contributed by atoms with van der Waals surface area (Å²) in [5.41, 5.74) is 1.02. The average Bonchev–Trinajstić information content (AvgIpc) is 2.44. The zero-order valence-corrected chi connectivity index (χ0v) is 8.56.